The van der Waals surface area contributed by atoms with E-state index in [0.717, 1.165) is 38.9 Å². The minimum absolute atomic E-state index is 0.00722. The fourth-order valence-corrected chi connectivity index (χ4v) is 12.4. The van der Waals surface area contributed by atoms with Crippen LogP contribution >= 0.6 is 11.8 Å². The second kappa shape index (κ2) is 15.1. The summed E-state index contributed by atoms with van der Waals surface area (Å²) >= 11 is 1.56. The number of rotatable bonds is 5. The lowest BCUT2D eigenvalue weighted by Gasteiger charge is -2.62. The van der Waals surface area contributed by atoms with Gasteiger partial charge in [-0.05, 0) is 95.8 Å². The summed E-state index contributed by atoms with van der Waals surface area (Å²) in [6.07, 6.45) is 0.171. The molecule has 4 bridgehead atoms. The number of benzene rings is 3. The minimum atomic E-state index is -1.37. The van der Waals surface area contributed by atoms with E-state index in [0.29, 0.717) is 54.6 Å². The van der Waals surface area contributed by atoms with Crippen molar-refractivity contribution >= 4 is 23.9 Å². The maximum Gasteiger partial charge on any atom is 0.514 e. The van der Waals surface area contributed by atoms with Gasteiger partial charge in [-0.15, -0.1) is 11.8 Å². The number of carbonyl (C=O) groups is 2. The molecule has 0 aromatic heterocycles. The van der Waals surface area contributed by atoms with E-state index < -0.39 is 52.7 Å². The van der Waals surface area contributed by atoms with Crippen LogP contribution in [0.2, 0.25) is 0 Å². The molecule has 2 saturated heterocycles. The van der Waals surface area contributed by atoms with Gasteiger partial charge in [0.2, 0.25) is 6.79 Å². The molecule has 1 unspecified atom stereocenters. The third-order valence-electron chi connectivity index (χ3n) is 13.0. The van der Waals surface area contributed by atoms with E-state index in [1.54, 1.807) is 51.8 Å². The van der Waals surface area contributed by atoms with Crippen molar-refractivity contribution in [1.82, 2.24) is 15.1 Å². The number of piperazine rings is 1. The number of ether oxygens (including phenoxy) is 8. The monoisotopic (exact) mass is 856 g/mol. The van der Waals surface area contributed by atoms with Crippen LogP contribution in [0.15, 0.2) is 18.2 Å². The first kappa shape index (κ1) is 41.3. The molecule has 61 heavy (non-hydrogen) atoms. The Morgan fingerprint density at radius 2 is 1.82 bits per heavy atom. The van der Waals surface area contributed by atoms with Gasteiger partial charge in [0.25, 0.3) is 0 Å². The summed E-state index contributed by atoms with van der Waals surface area (Å²) < 4.78 is 48.3. The van der Waals surface area contributed by atoms with Gasteiger partial charge in [-0.25, -0.2) is 9.59 Å². The number of phenolic OH excluding ortho intramolecular Hbond substituents is 1. The Kier molecular flexibility index (Phi) is 10.2. The number of carbonyl (C=O) groups excluding carboxylic acids is 2. The summed E-state index contributed by atoms with van der Waals surface area (Å²) in [5.74, 6) is 2.38. The fourth-order valence-electron chi connectivity index (χ4n) is 10.7. The molecule has 7 atom stereocenters. The maximum absolute atomic E-state index is 15.0. The highest BCUT2D eigenvalue weighted by Crippen LogP contribution is 2.64. The van der Waals surface area contributed by atoms with E-state index in [1.165, 1.54) is 7.11 Å². The molecule has 1 spiro atoms. The first-order valence-corrected chi connectivity index (χ1v) is 21.8. The maximum atomic E-state index is 15.0. The summed E-state index contributed by atoms with van der Waals surface area (Å²) in [4.78, 5) is 32.3. The Morgan fingerprint density at radius 3 is 2.52 bits per heavy atom. The Morgan fingerprint density at radius 1 is 1.05 bits per heavy atom. The molecule has 3 aromatic rings. The van der Waals surface area contributed by atoms with Gasteiger partial charge in [0.1, 0.15) is 24.0 Å². The smallest absolute Gasteiger partial charge is 0.504 e. The van der Waals surface area contributed by atoms with Crippen LogP contribution in [0, 0.1) is 25.2 Å². The zero-order chi connectivity index (χ0) is 43.3. The van der Waals surface area contributed by atoms with Crippen molar-refractivity contribution < 1.29 is 52.6 Å². The van der Waals surface area contributed by atoms with Gasteiger partial charge in [-0.2, -0.15) is 5.26 Å². The van der Waals surface area contributed by atoms with Gasteiger partial charge in [-0.3, -0.25) is 15.1 Å². The molecule has 10 rings (SSSR count). The lowest BCUT2D eigenvalue weighted by Crippen LogP contribution is -2.69. The highest BCUT2D eigenvalue weighted by atomic mass is 32.2. The molecule has 2 fully saturated rings. The summed E-state index contributed by atoms with van der Waals surface area (Å²) in [5.41, 5.74) is 4.26. The van der Waals surface area contributed by atoms with Gasteiger partial charge < -0.3 is 43.0 Å². The van der Waals surface area contributed by atoms with E-state index in [4.69, 9.17) is 37.9 Å². The third-order valence-corrected chi connectivity index (χ3v) is 14.5. The van der Waals surface area contributed by atoms with Crippen molar-refractivity contribution in [2.45, 2.75) is 101 Å². The Bertz CT molecular complexity index is 2380. The van der Waals surface area contributed by atoms with Gasteiger partial charge in [0.15, 0.2) is 40.0 Å². The number of thioether (sulfide) groups is 1. The van der Waals surface area contributed by atoms with Crippen molar-refractivity contribution in [3.05, 3.63) is 62.7 Å². The summed E-state index contributed by atoms with van der Waals surface area (Å²) in [6.45, 7) is 11.8. The molecule has 2 N–H and O–H groups in total. The highest BCUT2D eigenvalue weighted by molar-refractivity contribution is 7.99. The number of hydrogen-bond acceptors (Lipinski definition) is 16. The number of methoxy groups -OCH3 is 2. The van der Waals surface area contributed by atoms with E-state index >= 15 is 4.79 Å². The van der Waals surface area contributed by atoms with Crippen LogP contribution in [0.25, 0.3) is 0 Å². The second-order valence-electron chi connectivity index (χ2n) is 17.5. The lowest BCUT2D eigenvalue weighted by molar-refractivity contribution is -0.157. The number of hydrogen-bond donors (Lipinski definition) is 2. The SMILES string of the molecule is CCOc1c(C)c2c(c3c1[C@H]1SC[C@]4(NCCc5cc(OC(=O)OC(C)(C)C)c(OC)cc54)C(=O)OC[C@@H]3N3C1[C@@H]1c4c(cc(C)c(OC)c4O)C[C@@H]([C@@H]3C#N)N1C)OCO2. The van der Waals surface area contributed by atoms with E-state index in [2.05, 4.69) is 27.3 Å². The largest absolute Gasteiger partial charge is 0.514 e. The number of aromatic hydroxyl groups is 1. The standard InChI is InChI=1S/C45H52N4O11S/c1-10-55-38-22(3)39-40(58-20-57-39)32-28-18-56-42(51)45(25-16-29(53-8)30(15-23(25)11-12-47-45)59-43(52)60-44(4,5)6)19-61-41(33(32)38)35-34-31-24(13-21(2)37(54-9)36(31)50)14-26(48(34)7)27(17-46)49(28)35/h13,15-16,26-28,34-35,41,47,50H,10-12,14,18-20H2,1-9H3/t26-,27-,28-,34-,35?,41+,45+/m0/s1. The van der Waals surface area contributed by atoms with E-state index in [-0.39, 0.29) is 42.4 Å². The van der Waals surface area contributed by atoms with Crippen LogP contribution in [0.5, 0.6) is 40.2 Å². The number of esters is 1. The number of phenols is 1. The molecule has 0 radical (unpaired) electrons. The van der Waals surface area contributed by atoms with Gasteiger partial charge in [-0.1, -0.05) is 6.07 Å². The van der Waals surface area contributed by atoms with Crippen LogP contribution in [0.4, 0.5) is 4.79 Å². The average molecular weight is 857 g/mol. The fraction of sp³-hybridized carbons (Fsp3) is 0.533. The van der Waals surface area contributed by atoms with Crippen molar-refractivity contribution in [3.63, 3.8) is 0 Å². The molecule has 7 aliphatic heterocycles. The van der Waals surface area contributed by atoms with Gasteiger partial charge in [0.05, 0.1) is 44.2 Å². The highest BCUT2D eigenvalue weighted by Gasteiger charge is 2.62. The number of fused-ring (bicyclic) bond motifs is 9. The molecule has 7 aliphatic rings. The number of likely N-dealkylation sites (N-methyl/N-ethyl adjacent to an activating group) is 1. The molecule has 7 heterocycles. The quantitative estimate of drug-likeness (QED) is 0.224. The Labute approximate surface area is 359 Å². The van der Waals surface area contributed by atoms with Gasteiger partial charge in [0, 0.05) is 46.6 Å². The molecule has 0 amide bonds. The molecular weight excluding hydrogens is 805 g/mol. The first-order chi connectivity index (χ1) is 29.2. The summed E-state index contributed by atoms with van der Waals surface area (Å²) in [5, 5.41) is 26.5. The second-order valence-corrected chi connectivity index (χ2v) is 18.6. The number of nitrogens with one attached hydrogen (secondary N) is 1. The molecule has 3 aromatic carbocycles. The average Bonchev–Trinajstić information content (AvgIpc) is 3.70. The normalized spacial score (nSPS) is 27.4. The predicted molar refractivity (Wildman–Crippen MR) is 223 cm³/mol. The van der Waals surface area contributed by atoms with Gasteiger partial charge >= 0.3 is 12.1 Å². The molecule has 324 valence electrons. The van der Waals surface area contributed by atoms with Crippen LogP contribution < -0.4 is 33.7 Å². The molecule has 15 nitrogen and oxygen atoms in total. The number of nitriles is 1. The zero-order valence-electron chi connectivity index (χ0n) is 35.9. The Balaban J connectivity index is 1.26. The zero-order valence-corrected chi connectivity index (χ0v) is 36.7. The van der Waals surface area contributed by atoms with E-state index in [1.807, 2.05) is 27.8 Å². The first-order valence-electron chi connectivity index (χ1n) is 20.7. The van der Waals surface area contributed by atoms with Crippen molar-refractivity contribution in [2.24, 2.45) is 0 Å². The van der Waals surface area contributed by atoms with Crippen molar-refractivity contribution in [3.8, 4) is 46.3 Å². The van der Waals surface area contributed by atoms with Crippen molar-refractivity contribution in [2.75, 3.05) is 53.6 Å². The van der Waals surface area contributed by atoms with E-state index in [9.17, 15) is 15.2 Å². The van der Waals surface area contributed by atoms with Crippen LogP contribution in [-0.4, -0.2) is 104 Å². The summed E-state index contributed by atoms with van der Waals surface area (Å²) in [7, 11) is 5.07. The minimum Gasteiger partial charge on any atom is -0.504 e. The Hall–Kier alpha value is -5.08. The molecule has 16 heteroatoms. The number of nitrogens with zero attached hydrogens (tertiary/aromatic N) is 3. The third kappa shape index (κ3) is 6.25. The lowest BCUT2D eigenvalue weighted by atomic mass is 9.71. The molecular formula is C45H52N4O11S. The number of aryl methyl sites for hydroxylation is 1. The predicted octanol–water partition coefficient (Wildman–Crippen LogP) is 6.07. The van der Waals surface area contributed by atoms with Crippen LogP contribution in [0.1, 0.15) is 89.5 Å². The molecule has 0 aliphatic carbocycles. The van der Waals surface area contributed by atoms with Crippen LogP contribution in [-0.2, 0) is 32.6 Å². The van der Waals surface area contributed by atoms with Crippen LogP contribution in [0.3, 0.4) is 0 Å². The summed E-state index contributed by atoms with van der Waals surface area (Å²) in [6, 6.07) is 5.79. The topological polar surface area (TPSA) is 171 Å². The van der Waals surface area contributed by atoms with Crippen molar-refractivity contribution in [1.29, 1.82) is 5.26 Å². The molecule has 0 saturated carbocycles.